The molecule has 0 spiro atoms. The first-order chi connectivity index (χ1) is 5.36. The molecular formula is C8H15NO2. The fourth-order valence-electron chi connectivity index (χ4n) is 1.29. The van der Waals surface area contributed by atoms with Gasteiger partial charge in [0.05, 0.1) is 25.4 Å². The molecule has 1 aliphatic heterocycles. The largest absolute Gasteiger partial charge is 0.392 e. The second kappa shape index (κ2) is 3.09. The van der Waals surface area contributed by atoms with E-state index in [4.69, 9.17) is 4.74 Å². The number of rotatable bonds is 4. The molecular weight excluding hydrogens is 142 g/mol. The van der Waals surface area contributed by atoms with Crippen LogP contribution in [0.25, 0.3) is 0 Å². The van der Waals surface area contributed by atoms with E-state index < -0.39 is 0 Å². The molecule has 0 aromatic carbocycles. The number of hydrogen-bond donors (Lipinski definition) is 2. The highest BCUT2D eigenvalue weighted by Crippen LogP contribution is 2.32. The number of ether oxygens (including phenoxy) is 1. The zero-order chi connectivity index (χ0) is 7.68. The van der Waals surface area contributed by atoms with Gasteiger partial charge >= 0.3 is 0 Å². The topological polar surface area (TPSA) is 41.5 Å². The molecule has 64 valence electrons. The van der Waals surface area contributed by atoms with Crippen LogP contribution in [0.3, 0.4) is 0 Å². The highest BCUT2D eigenvalue weighted by Gasteiger charge is 2.30. The van der Waals surface area contributed by atoms with Crippen LogP contribution in [-0.4, -0.2) is 37.0 Å². The molecule has 1 saturated carbocycles. The van der Waals surface area contributed by atoms with E-state index in [2.05, 4.69) is 5.32 Å². The summed E-state index contributed by atoms with van der Waals surface area (Å²) in [5, 5.41) is 12.7. The molecule has 2 rings (SSSR count). The minimum Gasteiger partial charge on any atom is -0.392 e. The van der Waals surface area contributed by atoms with Crippen molar-refractivity contribution in [3.8, 4) is 0 Å². The summed E-state index contributed by atoms with van der Waals surface area (Å²) >= 11 is 0. The lowest BCUT2D eigenvalue weighted by Crippen LogP contribution is -2.48. The van der Waals surface area contributed by atoms with E-state index in [1.807, 2.05) is 0 Å². The number of nitrogens with one attached hydrogen (secondary N) is 1. The molecule has 2 fully saturated rings. The average molecular weight is 157 g/mol. The molecule has 11 heavy (non-hydrogen) atoms. The zero-order valence-corrected chi connectivity index (χ0v) is 6.62. The van der Waals surface area contributed by atoms with Crippen molar-refractivity contribution in [3.05, 3.63) is 0 Å². The van der Waals surface area contributed by atoms with Gasteiger partial charge in [-0.2, -0.15) is 0 Å². The normalized spacial score (nSPS) is 28.1. The van der Waals surface area contributed by atoms with Crippen LogP contribution >= 0.6 is 0 Å². The van der Waals surface area contributed by atoms with Gasteiger partial charge in [0.15, 0.2) is 0 Å². The Labute approximate surface area is 66.7 Å². The lowest BCUT2D eigenvalue weighted by molar-refractivity contribution is -0.0106. The monoisotopic (exact) mass is 157 g/mol. The zero-order valence-electron chi connectivity index (χ0n) is 6.62. The molecule has 1 heterocycles. The van der Waals surface area contributed by atoms with Gasteiger partial charge in [0.2, 0.25) is 0 Å². The number of aliphatic hydroxyl groups is 1. The molecule has 0 aromatic heterocycles. The molecule has 1 aliphatic carbocycles. The van der Waals surface area contributed by atoms with Gasteiger partial charge in [0.1, 0.15) is 0 Å². The maximum absolute atomic E-state index is 9.45. The summed E-state index contributed by atoms with van der Waals surface area (Å²) in [5.74, 6) is 0.587. The number of aliphatic hydroxyl groups excluding tert-OH is 1. The van der Waals surface area contributed by atoms with Crippen molar-refractivity contribution >= 4 is 0 Å². The predicted molar refractivity (Wildman–Crippen MR) is 41.3 cm³/mol. The summed E-state index contributed by atoms with van der Waals surface area (Å²) in [6.07, 6.45) is 2.31. The van der Waals surface area contributed by atoms with Gasteiger partial charge < -0.3 is 15.2 Å². The number of hydrogen-bond acceptors (Lipinski definition) is 3. The predicted octanol–water partition coefficient (Wildman–Crippen LogP) is -0.254. The van der Waals surface area contributed by atoms with Crippen LogP contribution in [0.5, 0.6) is 0 Å². The molecule has 0 bridgehead atoms. The van der Waals surface area contributed by atoms with E-state index >= 15 is 0 Å². The lowest BCUT2D eigenvalue weighted by Gasteiger charge is -2.28. The maximum Gasteiger partial charge on any atom is 0.0692 e. The fraction of sp³-hybridized carbons (Fsp3) is 1.00. The third-order valence-corrected chi connectivity index (χ3v) is 2.42. The SMILES string of the molecule is OC(CNC1COC1)C1CC1. The van der Waals surface area contributed by atoms with Crippen LogP contribution in [0.2, 0.25) is 0 Å². The summed E-state index contributed by atoms with van der Waals surface area (Å²) in [7, 11) is 0. The van der Waals surface area contributed by atoms with Crippen molar-refractivity contribution < 1.29 is 9.84 Å². The van der Waals surface area contributed by atoms with Crippen LogP contribution in [0, 0.1) is 5.92 Å². The van der Waals surface area contributed by atoms with Crippen molar-refractivity contribution in [2.75, 3.05) is 19.8 Å². The minimum absolute atomic E-state index is 0.115. The van der Waals surface area contributed by atoms with Crippen molar-refractivity contribution in [2.24, 2.45) is 5.92 Å². The Morgan fingerprint density at radius 3 is 2.64 bits per heavy atom. The van der Waals surface area contributed by atoms with Crippen molar-refractivity contribution in [2.45, 2.75) is 25.0 Å². The first-order valence-corrected chi connectivity index (χ1v) is 4.35. The molecule has 1 atom stereocenters. The first kappa shape index (κ1) is 7.53. The summed E-state index contributed by atoms with van der Waals surface area (Å²) in [5.41, 5.74) is 0. The van der Waals surface area contributed by atoms with E-state index in [0.717, 1.165) is 19.8 Å². The third kappa shape index (κ3) is 1.92. The van der Waals surface area contributed by atoms with Crippen LogP contribution in [0.15, 0.2) is 0 Å². The Morgan fingerprint density at radius 2 is 2.18 bits per heavy atom. The van der Waals surface area contributed by atoms with Gasteiger partial charge in [-0.1, -0.05) is 0 Å². The molecule has 2 aliphatic rings. The average Bonchev–Trinajstić information content (AvgIpc) is 2.64. The first-order valence-electron chi connectivity index (χ1n) is 4.35. The molecule has 0 aromatic rings. The van der Waals surface area contributed by atoms with Crippen LogP contribution < -0.4 is 5.32 Å². The van der Waals surface area contributed by atoms with Gasteiger partial charge in [-0.3, -0.25) is 0 Å². The Morgan fingerprint density at radius 1 is 1.45 bits per heavy atom. The molecule has 0 radical (unpaired) electrons. The molecule has 1 unspecified atom stereocenters. The van der Waals surface area contributed by atoms with E-state index in [1.54, 1.807) is 0 Å². The van der Waals surface area contributed by atoms with Crippen molar-refractivity contribution in [3.63, 3.8) is 0 Å². The molecule has 2 N–H and O–H groups in total. The van der Waals surface area contributed by atoms with E-state index in [-0.39, 0.29) is 6.10 Å². The van der Waals surface area contributed by atoms with Crippen LogP contribution in [0.4, 0.5) is 0 Å². The summed E-state index contributed by atoms with van der Waals surface area (Å²) in [6, 6.07) is 0.503. The van der Waals surface area contributed by atoms with Gasteiger partial charge in [-0.25, -0.2) is 0 Å². The highest BCUT2D eigenvalue weighted by molar-refractivity contribution is 4.84. The summed E-state index contributed by atoms with van der Waals surface area (Å²) < 4.78 is 5.00. The quantitative estimate of drug-likeness (QED) is 0.591. The van der Waals surface area contributed by atoms with Crippen LogP contribution in [0.1, 0.15) is 12.8 Å². The Hall–Kier alpha value is -0.120. The third-order valence-electron chi connectivity index (χ3n) is 2.42. The second-order valence-corrected chi connectivity index (χ2v) is 3.55. The molecule has 3 nitrogen and oxygen atoms in total. The molecule has 1 saturated heterocycles. The maximum atomic E-state index is 9.45. The second-order valence-electron chi connectivity index (χ2n) is 3.55. The van der Waals surface area contributed by atoms with E-state index in [0.29, 0.717) is 12.0 Å². The summed E-state index contributed by atoms with van der Waals surface area (Å²) in [4.78, 5) is 0. The lowest BCUT2D eigenvalue weighted by atomic mass is 10.2. The van der Waals surface area contributed by atoms with Crippen molar-refractivity contribution in [1.29, 1.82) is 0 Å². The fourth-order valence-corrected chi connectivity index (χ4v) is 1.29. The summed E-state index contributed by atoms with van der Waals surface area (Å²) in [6.45, 7) is 2.38. The van der Waals surface area contributed by atoms with Gasteiger partial charge in [-0.05, 0) is 18.8 Å². The van der Waals surface area contributed by atoms with E-state index in [9.17, 15) is 5.11 Å². The molecule has 0 amide bonds. The standard InChI is InChI=1S/C8H15NO2/c10-8(6-1-2-6)3-9-7-4-11-5-7/h6-10H,1-5H2. The van der Waals surface area contributed by atoms with Gasteiger partial charge in [-0.15, -0.1) is 0 Å². The van der Waals surface area contributed by atoms with Gasteiger partial charge in [0, 0.05) is 6.54 Å². The smallest absolute Gasteiger partial charge is 0.0692 e. The van der Waals surface area contributed by atoms with Crippen molar-refractivity contribution in [1.82, 2.24) is 5.32 Å². The van der Waals surface area contributed by atoms with E-state index in [1.165, 1.54) is 12.8 Å². The Bertz CT molecular complexity index is 132. The Kier molecular flexibility index (Phi) is 2.11. The molecule has 3 heteroatoms. The van der Waals surface area contributed by atoms with Gasteiger partial charge in [0.25, 0.3) is 0 Å². The Balaban J connectivity index is 1.57. The minimum atomic E-state index is -0.115. The van der Waals surface area contributed by atoms with Crippen LogP contribution in [-0.2, 0) is 4.74 Å². The highest BCUT2D eigenvalue weighted by atomic mass is 16.5.